The molecule has 2 aromatic rings. The molecule has 1 saturated heterocycles. The zero-order chi connectivity index (χ0) is 18.3. The fourth-order valence-electron chi connectivity index (χ4n) is 3.67. The number of carbonyl (C=O) groups excluding carboxylic acids is 1. The molecule has 4 rings (SSSR count). The monoisotopic (exact) mass is 354 g/mol. The topological polar surface area (TPSA) is 60.1 Å². The normalized spacial score (nSPS) is 19.5. The molecule has 0 bridgehead atoms. The number of benzene rings is 1. The molecule has 0 spiro atoms. The van der Waals surface area contributed by atoms with Gasteiger partial charge in [0.05, 0.1) is 5.69 Å². The van der Waals surface area contributed by atoms with Crippen LogP contribution in [0.15, 0.2) is 35.1 Å². The van der Waals surface area contributed by atoms with Gasteiger partial charge in [0, 0.05) is 19.0 Å². The first kappa shape index (κ1) is 17.1. The number of rotatable bonds is 4. The Balaban J connectivity index is 1.66. The van der Waals surface area contributed by atoms with E-state index in [1.54, 1.807) is 11.5 Å². The Bertz CT molecular complexity index is 842. The van der Waals surface area contributed by atoms with E-state index >= 15 is 0 Å². The second kappa shape index (κ2) is 6.74. The summed E-state index contributed by atoms with van der Waals surface area (Å²) in [5.41, 5.74) is 0.599. The molecule has 1 aliphatic heterocycles. The molecule has 26 heavy (non-hydrogen) atoms. The predicted molar refractivity (Wildman–Crippen MR) is 99.5 cm³/mol. The minimum Gasteiger partial charge on any atom is -0.341 e. The van der Waals surface area contributed by atoms with Gasteiger partial charge in [-0.05, 0) is 50.7 Å². The Kier molecular flexibility index (Phi) is 4.42. The molecule has 138 valence electrons. The lowest BCUT2D eigenvalue weighted by Crippen LogP contribution is -2.43. The van der Waals surface area contributed by atoms with E-state index in [2.05, 4.69) is 12.0 Å². The maximum Gasteiger partial charge on any atom is 0.351 e. The highest BCUT2D eigenvalue weighted by Crippen LogP contribution is 2.39. The molecule has 1 aromatic carbocycles. The standard InChI is InChI=1S/C20H26N4O2/c1-14-10-12-22(13-11-14)19(25)15(2)24-20(26)23(17-6-4-3-5-7-17)18(21-24)16-8-9-16/h3-7,14-16H,8-13H2,1-2H3/t15-/m0/s1. The van der Waals surface area contributed by atoms with Gasteiger partial charge < -0.3 is 4.90 Å². The minimum absolute atomic E-state index is 0.000872. The van der Waals surface area contributed by atoms with Gasteiger partial charge in [0.25, 0.3) is 0 Å². The molecule has 0 unspecified atom stereocenters. The lowest BCUT2D eigenvalue weighted by Gasteiger charge is -2.31. The number of para-hydroxylation sites is 1. The van der Waals surface area contributed by atoms with E-state index in [4.69, 9.17) is 0 Å². The van der Waals surface area contributed by atoms with Crippen LogP contribution >= 0.6 is 0 Å². The minimum atomic E-state index is -0.571. The van der Waals surface area contributed by atoms with Crippen LogP contribution in [0.1, 0.15) is 57.3 Å². The second-order valence-corrected chi connectivity index (χ2v) is 7.71. The Morgan fingerprint density at radius 3 is 2.38 bits per heavy atom. The van der Waals surface area contributed by atoms with Crippen LogP contribution in [0.25, 0.3) is 5.69 Å². The smallest absolute Gasteiger partial charge is 0.341 e. The van der Waals surface area contributed by atoms with Crippen LogP contribution in [0.4, 0.5) is 0 Å². The quantitative estimate of drug-likeness (QED) is 0.848. The summed E-state index contributed by atoms with van der Waals surface area (Å²) in [7, 11) is 0. The van der Waals surface area contributed by atoms with Crippen LogP contribution in [0.3, 0.4) is 0 Å². The summed E-state index contributed by atoms with van der Waals surface area (Å²) in [6.45, 7) is 5.56. The second-order valence-electron chi connectivity index (χ2n) is 7.71. The van der Waals surface area contributed by atoms with E-state index in [0.717, 1.165) is 50.3 Å². The van der Waals surface area contributed by atoms with Crippen LogP contribution in [0.2, 0.25) is 0 Å². The van der Waals surface area contributed by atoms with Crippen molar-refractivity contribution >= 4 is 5.91 Å². The van der Waals surface area contributed by atoms with Crippen molar-refractivity contribution in [3.63, 3.8) is 0 Å². The molecular formula is C20H26N4O2. The average molecular weight is 354 g/mol. The number of amides is 1. The van der Waals surface area contributed by atoms with Gasteiger partial charge in [0.15, 0.2) is 0 Å². The highest BCUT2D eigenvalue weighted by Gasteiger charge is 2.34. The molecule has 2 fully saturated rings. The van der Waals surface area contributed by atoms with E-state index in [-0.39, 0.29) is 11.6 Å². The summed E-state index contributed by atoms with van der Waals surface area (Å²) < 4.78 is 3.07. The molecule has 1 aliphatic carbocycles. The Morgan fingerprint density at radius 2 is 1.77 bits per heavy atom. The Labute approximate surface area is 153 Å². The molecule has 2 heterocycles. The molecule has 1 atom stereocenters. The van der Waals surface area contributed by atoms with Crippen LogP contribution in [-0.2, 0) is 4.79 Å². The molecule has 1 saturated carbocycles. The van der Waals surface area contributed by atoms with Crippen molar-refractivity contribution in [2.75, 3.05) is 13.1 Å². The van der Waals surface area contributed by atoms with Gasteiger partial charge in [-0.15, -0.1) is 0 Å². The summed E-state index contributed by atoms with van der Waals surface area (Å²) in [6.07, 6.45) is 4.16. The zero-order valence-electron chi connectivity index (χ0n) is 15.5. The van der Waals surface area contributed by atoms with Crippen molar-refractivity contribution in [3.8, 4) is 5.69 Å². The highest BCUT2D eigenvalue weighted by molar-refractivity contribution is 5.80. The predicted octanol–water partition coefficient (Wildman–Crippen LogP) is 2.73. The maximum atomic E-state index is 13.1. The molecule has 6 nitrogen and oxygen atoms in total. The summed E-state index contributed by atoms with van der Waals surface area (Å²) >= 11 is 0. The lowest BCUT2D eigenvalue weighted by molar-refractivity contribution is -0.136. The van der Waals surface area contributed by atoms with Gasteiger partial charge >= 0.3 is 5.69 Å². The third-order valence-electron chi connectivity index (χ3n) is 5.60. The number of likely N-dealkylation sites (tertiary alicyclic amines) is 1. The average Bonchev–Trinajstić information content (AvgIpc) is 3.45. The van der Waals surface area contributed by atoms with Gasteiger partial charge in [-0.2, -0.15) is 5.10 Å². The van der Waals surface area contributed by atoms with Crippen LogP contribution < -0.4 is 5.69 Å². The van der Waals surface area contributed by atoms with Crippen LogP contribution in [-0.4, -0.2) is 38.2 Å². The largest absolute Gasteiger partial charge is 0.351 e. The fraction of sp³-hybridized carbons (Fsp3) is 0.550. The van der Waals surface area contributed by atoms with Gasteiger partial charge in [-0.3, -0.25) is 4.79 Å². The Hall–Kier alpha value is -2.37. The third-order valence-corrected chi connectivity index (χ3v) is 5.60. The van der Waals surface area contributed by atoms with Crippen molar-refractivity contribution in [1.82, 2.24) is 19.2 Å². The third kappa shape index (κ3) is 3.08. The van der Waals surface area contributed by atoms with Crippen LogP contribution in [0.5, 0.6) is 0 Å². The molecule has 1 aromatic heterocycles. The summed E-state index contributed by atoms with van der Waals surface area (Å²) in [5.74, 6) is 1.77. The number of aromatic nitrogens is 3. The molecule has 6 heteroatoms. The van der Waals surface area contributed by atoms with Crippen LogP contribution in [0, 0.1) is 5.92 Å². The number of hydrogen-bond acceptors (Lipinski definition) is 3. The van der Waals surface area contributed by atoms with Gasteiger partial charge in [-0.1, -0.05) is 25.1 Å². The summed E-state index contributed by atoms with van der Waals surface area (Å²) in [6, 6.07) is 9.02. The number of nitrogens with zero attached hydrogens (tertiary/aromatic N) is 4. The number of carbonyl (C=O) groups is 1. The van der Waals surface area contributed by atoms with E-state index in [1.165, 1.54) is 4.68 Å². The summed E-state index contributed by atoms with van der Waals surface area (Å²) in [4.78, 5) is 27.9. The maximum absolute atomic E-state index is 13.1. The molecule has 1 amide bonds. The van der Waals surface area contributed by atoms with E-state index in [9.17, 15) is 9.59 Å². The van der Waals surface area contributed by atoms with E-state index in [1.807, 2.05) is 35.2 Å². The molecule has 2 aliphatic rings. The first-order valence-corrected chi connectivity index (χ1v) is 9.62. The zero-order valence-corrected chi connectivity index (χ0v) is 15.5. The van der Waals surface area contributed by atoms with E-state index in [0.29, 0.717) is 11.8 Å². The van der Waals surface area contributed by atoms with Crippen molar-refractivity contribution in [1.29, 1.82) is 0 Å². The molecule has 0 radical (unpaired) electrons. The number of hydrogen-bond donors (Lipinski definition) is 0. The molecular weight excluding hydrogens is 328 g/mol. The molecule has 0 N–H and O–H groups in total. The van der Waals surface area contributed by atoms with Gasteiger partial charge in [0.2, 0.25) is 5.91 Å². The van der Waals surface area contributed by atoms with Gasteiger partial charge in [0.1, 0.15) is 11.9 Å². The highest BCUT2D eigenvalue weighted by atomic mass is 16.2. The van der Waals surface area contributed by atoms with Crippen molar-refractivity contribution < 1.29 is 4.79 Å². The Morgan fingerprint density at radius 1 is 1.12 bits per heavy atom. The number of piperidine rings is 1. The summed E-state index contributed by atoms with van der Waals surface area (Å²) in [5, 5.41) is 4.60. The SMILES string of the molecule is CC1CCN(C(=O)[C@H](C)n2nc(C3CC3)n(-c3ccccc3)c2=O)CC1. The fourth-order valence-corrected chi connectivity index (χ4v) is 3.67. The van der Waals surface area contributed by atoms with Crippen molar-refractivity contribution in [2.24, 2.45) is 5.92 Å². The lowest BCUT2D eigenvalue weighted by atomic mass is 9.99. The van der Waals surface area contributed by atoms with Crippen molar-refractivity contribution in [2.45, 2.75) is 51.5 Å². The van der Waals surface area contributed by atoms with E-state index < -0.39 is 6.04 Å². The first-order chi connectivity index (χ1) is 12.6. The first-order valence-electron chi connectivity index (χ1n) is 9.62. The van der Waals surface area contributed by atoms with Gasteiger partial charge in [-0.25, -0.2) is 14.0 Å². The van der Waals surface area contributed by atoms with Crippen molar-refractivity contribution in [3.05, 3.63) is 46.6 Å².